The van der Waals surface area contributed by atoms with Crippen molar-refractivity contribution < 1.29 is 5.11 Å². The summed E-state index contributed by atoms with van der Waals surface area (Å²) in [5, 5.41) is 13.6. The van der Waals surface area contributed by atoms with E-state index < -0.39 is 0 Å². The Morgan fingerprint density at radius 2 is 1.41 bits per heavy atom. The number of nitrogens with one attached hydrogen (secondary N) is 1. The largest absolute Gasteiger partial charge is 0.508 e. The maximum Gasteiger partial charge on any atom is 0.244 e. The topological polar surface area (TPSA) is 70.4 Å². The normalized spacial score (nSPS) is 10.9. The summed E-state index contributed by atoms with van der Waals surface area (Å²) in [7, 11) is 0. The molecule has 0 atom stereocenters. The molecule has 0 fully saturated rings. The number of aryl methyl sites for hydroxylation is 1. The van der Waals surface area contributed by atoms with E-state index in [2.05, 4.69) is 51.7 Å². The molecular weight excluding hydrogens is 360 g/mol. The number of rotatable bonds is 5. The van der Waals surface area contributed by atoms with Gasteiger partial charge >= 0.3 is 0 Å². The molecule has 2 N–H and O–H groups in total. The standard InChI is InChI=1S/C24H20N4O/c1-17-7-11-20(12-8-17)23-15-22(19-5-3-2-4-6-19)26-24(27-23)28-25-16-18-9-13-21(29)14-10-18/h2-16,29H,1H3,(H,26,27,28)/b25-16-. The summed E-state index contributed by atoms with van der Waals surface area (Å²) < 4.78 is 0. The molecule has 0 amide bonds. The van der Waals surface area contributed by atoms with Gasteiger partial charge in [-0.25, -0.2) is 15.4 Å². The zero-order valence-corrected chi connectivity index (χ0v) is 15.9. The lowest BCUT2D eigenvalue weighted by Gasteiger charge is -2.08. The molecule has 0 aliphatic heterocycles. The Morgan fingerprint density at radius 3 is 2.07 bits per heavy atom. The number of benzene rings is 3. The molecule has 0 aliphatic carbocycles. The van der Waals surface area contributed by atoms with Crippen LogP contribution < -0.4 is 5.43 Å². The summed E-state index contributed by atoms with van der Waals surface area (Å²) in [6.45, 7) is 2.06. The summed E-state index contributed by atoms with van der Waals surface area (Å²) in [4.78, 5) is 9.24. The molecule has 3 aromatic carbocycles. The van der Waals surface area contributed by atoms with E-state index in [-0.39, 0.29) is 5.75 Å². The van der Waals surface area contributed by atoms with E-state index in [0.29, 0.717) is 5.95 Å². The van der Waals surface area contributed by atoms with E-state index in [1.54, 1.807) is 30.5 Å². The van der Waals surface area contributed by atoms with Gasteiger partial charge in [-0.05, 0) is 42.8 Å². The van der Waals surface area contributed by atoms with Gasteiger partial charge in [-0.1, -0.05) is 60.2 Å². The molecule has 4 aromatic rings. The van der Waals surface area contributed by atoms with Crippen LogP contribution in [0.4, 0.5) is 5.95 Å². The van der Waals surface area contributed by atoms with Crippen molar-refractivity contribution in [2.24, 2.45) is 5.10 Å². The molecule has 0 radical (unpaired) electrons. The van der Waals surface area contributed by atoms with Crippen molar-refractivity contribution in [1.29, 1.82) is 0 Å². The fourth-order valence-corrected chi connectivity index (χ4v) is 2.85. The Hall–Kier alpha value is -3.99. The molecule has 0 saturated carbocycles. The Labute approximate surface area is 169 Å². The zero-order valence-electron chi connectivity index (χ0n) is 15.9. The molecule has 0 spiro atoms. The lowest BCUT2D eigenvalue weighted by molar-refractivity contribution is 0.475. The van der Waals surface area contributed by atoms with Crippen LogP contribution in [0, 0.1) is 6.92 Å². The monoisotopic (exact) mass is 380 g/mol. The Balaban J connectivity index is 1.67. The number of phenolic OH excluding ortho intramolecular Hbond substituents is 1. The SMILES string of the molecule is Cc1ccc(-c2cc(-c3ccccc3)nc(N/N=C\c3ccc(O)cc3)n2)cc1. The first kappa shape index (κ1) is 18.4. The van der Waals surface area contributed by atoms with Crippen LogP contribution in [0.3, 0.4) is 0 Å². The van der Waals surface area contributed by atoms with Crippen LogP contribution in [-0.2, 0) is 0 Å². The minimum atomic E-state index is 0.219. The van der Waals surface area contributed by atoms with Gasteiger partial charge in [0, 0.05) is 11.1 Å². The number of phenols is 1. The zero-order chi connectivity index (χ0) is 20.1. The van der Waals surface area contributed by atoms with Crippen molar-refractivity contribution in [3.63, 3.8) is 0 Å². The summed E-state index contributed by atoms with van der Waals surface area (Å²) in [6.07, 6.45) is 1.66. The fourth-order valence-electron chi connectivity index (χ4n) is 2.85. The van der Waals surface area contributed by atoms with Gasteiger partial charge < -0.3 is 5.11 Å². The van der Waals surface area contributed by atoms with E-state index in [0.717, 1.165) is 28.1 Å². The van der Waals surface area contributed by atoms with Crippen molar-refractivity contribution >= 4 is 12.2 Å². The van der Waals surface area contributed by atoms with Gasteiger partial charge in [0.2, 0.25) is 5.95 Å². The van der Waals surface area contributed by atoms with Gasteiger partial charge in [0.25, 0.3) is 0 Å². The predicted molar refractivity (Wildman–Crippen MR) is 117 cm³/mol. The summed E-state index contributed by atoms with van der Waals surface area (Å²) >= 11 is 0. The van der Waals surface area contributed by atoms with Crippen molar-refractivity contribution in [3.05, 3.63) is 96.1 Å². The maximum atomic E-state index is 9.37. The third-order valence-electron chi connectivity index (χ3n) is 4.41. The summed E-state index contributed by atoms with van der Waals surface area (Å²) in [6, 6.07) is 27.0. The molecule has 142 valence electrons. The van der Waals surface area contributed by atoms with E-state index in [4.69, 9.17) is 0 Å². The summed E-state index contributed by atoms with van der Waals surface area (Å²) in [5.41, 5.74) is 8.64. The Bertz CT molecular complexity index is 1120. The molecule has 5 nitrogen and oxygen atoms in total. The molecule has 4 rings (SSSR count). The second kappa shape index (κ2) is 8.35. The lowest BCUT2D eigenvalue weighted by Crippen LogP contribution is -2.00. The van der Waals surface area contributed by atoms with Crippen molar-refractivity contribution in [2.75, 3.05) is 5.43 Å². The highest BCUT2D eigenvalue weighted by atomic mass is 16.3. The average Bonchev–Trinajstić information content (AvgIpc) is 2.76. The minimum Gasteiger partial charge on any atom is -0.508 e. The Kier molecular flexibility index (Phi) is 5.29. The molecule has 5 heteroatoms. The predicted octanol–water partition coefficient (Wildman–Crippen LogP) is 5.27. The molecule has 1 aromatic heterocycles. The molecule has 0 unspecified atom stereocenters. The number of hydrogen-bond donors (Lipinski definition) is 2. The van der Waals surface area contributed by atoms with Crippen LogP contribution in [0.15, 0.2) is 90.0 Å². The second-order valence-corrected chi connectivity index (χ2v) is 6.66. The van der Waals surface area contributed by atoms with Gasteiger partial charge in [-0.3, -0.25) is 0 Å². The molecule has 0 aliphatic rings. The number of hydrogen-bond acceptors (Lipinski definition) is 5. The average molecular weight is 380 g/mol. The van der Waals surface area contributed by atoms with Gasteiger partial charge in [0.05, 0.1) is 17.6 Å². The van der Waals surface area contributed by atoms with Crippen molar-refractivity contribution in [3.8, 4) is 28.3 Å². The third kappa shape index (κ3) is 4.65. The number of anilines is 1. The number of aromatic hydroxyl groups is 1. The number of hydrazone groups is 1. The summed E-state index contributed by atoms with van der Waals surface area (Å²) in [5.74, 6) is 0.633. The van der Waals surface area contributed by atoms with Crippen LogP contribution in [-0.4, -0.2) is 21.3 Å². The number of aromatic nitrogens is 2. The highest BCUT2D eigenvalue weighted by molar-refractivity contribution is 5.80. The smallest absolute Gasteiger partial charge is 0.244 e. The van der Waals surface area contributed by atoms with E-state index in [1.165, 1.54) is 5.56 Å². The van der Waals surface area contributed by atoms with Crippen LogP contribution in [0.5, 0.6) is 5.75 Å². The van der Waals surface area contributed by atoms with E-state index in [9.17, 15) is 5.11 Å². The third-order valence-corrected chi connectivity index (χ3v) is 4.41. The highest BCUT2D eigenvalue weighted by Gasteiger charge is 2.08. The van der Waals surface area contributed by atoms with Crippen LogP contribution in [0.1, 0.15) is 11.1 Å². The molecule has 29 heavy (non-hydrogen) atoms. The molecular formula is C24H20N4O. The fraction of sp³-hybridized carbons (Fsp3) is 0.0417. The Morgan fingerprint density at radius 1 is 0.793 bits per heavy atom. The van der Waals surface area contributed by atoms with Gasteiger partial charge in [0.1, 0.15) is 5.75 Å². The lowest BCUT2D eigenvalue weighted by atomic mass is 10.1. The van der Waals surface area contributed by atoms with Gasteiger partial charge in [-0.15, -0.1) is 0 Å². The van der Waals surface area contributed by atoms with E-state index >= 15 is 0 Å². The first-order valence-corrected chi connectivity index (χ1v) is 9.27. The van der Waals surface area contributed by atoms with E-state index in [1.807, 2.05) is 36.4 Å². The molecule has 1 heterocycles. The maximum absolute atomic E-state index is 9.37. The van der Waals surface area contributed by atoms with Crippen LogP contribution >= 0.6 is 0 Å². The van der Waals surface area contributed by atoms with Crippen LogP contribution in [0.25, 0.3) is 22.5 Å². The minimum absolute atomic E-state index is 0.219. The number of nitrogens with zero attached hydrogens (tertiary/aromatic N) is 3. The van der Waals surface area contributed by atoms with Crippen LogP contribution in [0.2, 0.25) is 0 Å². The second-order valence-electron chi connectivity index (χ2n) is 6.66. The van der Waals surface area contributed by atoms with Gasteiger partial charge in [-0.2, -0.15) is 5.10 Å². The molecule has 0 bridgehead atoms. The molecule has 0 saturated heterocycles. The first-order valence-electron chi connectivity index (χ1n) is 9.27. The van der Waals surface area contributed by atoms with Gasteiger partial charge in [0.15, 0.2) is 0 Å². The van der Waals surface area contributed by atoms with Crippen molar-refractivity contribution in [1.82, 2.24) is 9.97 Å². The van der Waals surface area contributed by atoms with Crippen molar-refractivity contribution in [2.45, 2.75) is 6.92 Å². The highest BCUT2D eigenvalue weighted by Crippen LogP contribution is 2.25. The first-order chi connectivity index (χ1) is 14.2. The quantitative estimate of drug-likeness (QED) is 0.365.